The second-order valence-electron chi connectivity index (χ2n) is 9.12. The van der Waals surface area contributed by atoms with Crippen LogP contribution >= 0.6 is 0 Å². The van der Waals surface area contributed by atoms with Gasteiger partial charge in [0.15, 0.2) is 0 Å². The van der Waals surface area contributed by atoms with E-state index >= 15 is 0 Å². The van der Waals surface area contributed by atoms with Crippen molar-refractivity contribution in [3.8, 4) is 17.1 Å². The molecule has 3 fully saturated rings. The van der Waals surface area contributed by atoms with Crippen LogP contribution in [0.25, 0.3) is 11.1 Å². The minimum absolute atomic E-state index is 0.128. The zero-order valence-corrected chi connectivity index (χ0v) is 18.2. The first kappa shape index (κ1) is 20.4. The van der Waals surface area contributed by atoms with Crippen molar-refractivity contribution in [2.75, 3.05) is 26.2 Å². The average Bonchev–Trinajstić information content (AvgIpc) is 3.55. The highest BCUT2D eigenvalue weighted by molar-refractivity contribution is 5.94. The number of amides is 1. The van der Waals surface area contributed by atoms with E-state index in [-0.39, 0.29) is 12.0 Å². The van der Waals surface area contributed by atoms with Crippen LogP contribution in [-0.4, -0.2) is 64.0 Å². The molecule has 164 valence electrons. The molecule has 3 aliphatic rings. The maximum absolute atomic E-state index is 12.5. The number of aromatic nitrogens is 2. The third-order valence-corrected chi connectivity index (χ3v) is 7.08. The number of piperidine rings is 1. The second-order valence-corrected chi connectivity index (χ2v) is 9.12. The zero-order valence-electron chi connectivity index (χ0n) is 18.2. The van der Waals surface area contributed by atoms with E-state index in [2.05, 4.69) is 14.9 Å². The molecule has 1 saturated carbocycles. The minimum Gasteiger partial charge on any atom is -0.460 e. The van der Waals surface area contributed by atoms with Gasteiger partial charge in [-0.1, -0.05) is 25.0 Å². The number of rotatable bonds is 5. The number of hydrogen-bond acceptors (Lipinski definition) is 5. The van der Waals surface area contributed by atoms with Crippen molar-refractivity contribution in [2.24, 2.45) is 0 Å². The molecule has 1 amide bonds. The summed E-state index contributed by atoms with van der Waals surface area (Å²) in [7, 11) is 0. The molecule has 0 unspecified atom stereocenters. The topological polar surface area (TPSA) is 58.6 Å². The van der Waals surface area contributed by atoms with Crippen LogP contribution in [0.4, 0.5) is 0 Å². The van der Waals surface area contributed by atoms with Gasteiger partial charge in [0.1, 0.15) is 6.10 Å². The Morgan fingerprint density at radius 1 is 0.806 bits per heavy atom. The van der Waals surface area contributed by atoms with E-state index < -0.39 is 0 Å². The average molecular weight is 421 g/mol. The summed E-state index contributed by atoms with van der Waals surface area (Å²) in [6.45, 7) is 3.98. The first-order chi connectivity index (χ1) is 15.3. The SMILES string of the molecule is O=C(c1ccc(-c2cnc(OC3CCN(C4CCCC4)CC3)nc2)cc1)N1CCCC1. The molecule has 2 aliphatic heterocycles. The van der Waals surface area contributed by atoms with Crippen LogP contribution in [0, 0.1) is 0 Å². The van der Waals surface area contributed by atoms with Crippen LogP contribution in [-0.2, 0) is 0 Å². The number of ether oxygens (including phenoxy) is 1. The Bertz CT molecular complexity index is 863. The Labute approximate surface area is 184 Å². The molecule has 6 nitrogen and oxygen atoms in total. The fourth-order valence-corrected chi connectivity index (χ4v) is 5.21. The molecule has 1 aromatic carbocycles. The zero-order chi connectivity index (χ0) is 21.0. The Balaban J connectivity index is 1.15. The molecule has 5 rings (SSSR count). The number of likely N-dealkylation sites (tertiary alicyclic amines) is 2. The quantitative estimate of drug-likeness (QED) is 0.727. The van der Waals surface area contributed by atoms with Crippen LogP contribution in [0.5, 0.6) is 6.01 Å². The third kappa shape index (κ3) is 4.74. The summed E-state index contributed by atoms with van der Waals surface area (Å²) in [5.74, 6) is 0.128. The van der Waals surface area contributed by atoms with E-state index in [0.29, 0.717) is 6.01 Å². The lowest BCUT2D eigenvalue weighted by molar-refractivity contribution is 0.0710. The van der Waals surface area contributed by atoms with E-state index in [9.17, 15) is 4.79 Å². The van der Waals surface area contributed by atoms with Crippen molar-refractivity contribution in [2.45, 2.75) is 63.5 Å². The summed E-state index contributed by atoms with van der Waals surface area (Å²) < 4.78 is 6.07. The van der Waals surface area contributed by atoms with Crippen LogP contribution in [0.3, 0.4) is 0 Å². The van der Waals surface area contributed by atoms with Gasteiger partial charge in [0, 0.05) is 55.7 Å². The van der Waals surface area contributed by atoms with Crippen molar-refractivity contribution < 1.29 is 9.53 Å². The molecule has 0 bridgehead atoms. The van der Waals surface area contributed by atoms with Gasteiger partial charge in [-0.15, -0.1) is 0 Å². The van der Waals surface area contributed by atoms with Crippen molar-refractivity contribution in [1.29, 1.82) is 0 Å². The molecule has 2 aromatic rings. The first-order valence-electron chi connectivity index (χ1n) is 11.9. The summed E-state index contributed by atoms with van der Waals surface area (Å²) in [5.41, 5.74) is 2.69. The molecule has 2 saturated heterocycles. The smallest absolute Gasteiger partial charge is 0.316 e. The fraction of sp³-hybridized carbons (Fsp3) is 0.560. The largest absolute Gasteiger partial charge is 0.460 e. The van der Waals surface area contributed by atoms with Gasteiger partial charge in [0.2, 0.25) is 0 Å². The van der Waals surface area contributed by atoms with E-state index in [0.717, 1.165) is 74.6 Å². The molecule has 31 heavy (non-hydrogen) atoms. The van der Waals surface area contributed by atoms with Gasteiger partial charge >= 0.3 is 6.01 Å². The monoisotopic (exact) mass is 420 g/mol. The summed E-state index contributed by atoms with van der Waals surface area (Å²) in [5, 5.41) is 0. The van der Waals surface area contributed by atoms with E-state index in [1.54, 1.807) is 0 Å². The van der Waals surface area contributed by atoms with Crippen LogP contribution in [0.2, 0.25) is 0 Å². The van der Waals surface area contributed by atoms with Gasteiger partial charge < -0.3 is 14.5 Å². The van der Waals surface area contributed by atoms with Crippen LogP contribution in [0.1, 0.15) is 61.7 Å². The van der Waals surface area contributed by atoms with Crippen molar-refractivity contribution in [1.82, 2.24) is 19.8 Å². The molecule has 0 N–H and O–H groups in total. The Kier molecular flexibility index (Phi) is 6.16. The van der Waals surface area contributed by atoms with Gasteiger partial charge in [-0.2, -0.15) is 0 Å². The van der Waals surface area contributed by atoms with Crippen molar-refractivity contribution >= 4 is 5.91 Å². The maximum Gasteiger partial charge on any atom is 0.316 e. The standard InChI is InChI=1S/C25H32N4O2/c30-24(29-13-3-4-14-29)20-9-7-19(8-10-20)21-17-26-25(27-18-21)31-23-11-15-28(16-12-23)22-5-1-2-6-22/h7-10,17-18,22-23H,1-6,11-16H2. The fourth-order valence-electron chi connectivity index (χ4n) is 5.21. The van der Waals surface area contributed by atoms with Gasteiger partial charge in [-0.05, 0) is 56.2 Å². The Hall–Kier alpha value is -2.47. The van der Waals surface area contributed by atoms with E-state index in [4.69, 9.17) is 4.74 Å². The number of hydrogen-bond donors (Lipinski definition) is 0. The Morgan fingerprint density at radius 3 is 2.10 bits per heavy atom. The Morgan fingerprint density at radius 2 is 1.45 bits per heavy atom. The predicted molar refractivity (Wildman–Crippen MR) is 120 cm³/mol. The van der Waals surface area contributed by atoms with Gasteiger partial charge in [0.25, 0.3) is 5.91 Å². The lowest BCUT2D eigenvalue weighted by Crippen LogP contribution is -2.43. The summed E-state index contributed by atoms with van der Waals surface area (Å²) >= 11 is 0. The van der Waals surface area contributed by atoms with Gasteiger partial charge in [-0.25, -0.2) is 9.97 Å². The molecule has 1 aliphatic carbocycles. The molecule has 0 spiro atoms. The molecular formula is C25H32N4O2. The summed E-state index contributed by atoms with van der Waals surface area (Å²) in [4.78, 5) is 26.0. The normalized spacial score (nSPS) is 21.0. The van der Waals surface area contributed by atoms with Crippen LogP contribution in [0.15, 0.2) is 36.7 Å². The van der Waals surface area contributed by atoms with E-state index in [1.807, 2.05) is 41.6 Å². The molecule has 1 aromatic heterocycles. The first-order valence-corrected chi connectivity index (χ1v) is 11.9. The van der Waals surface area contributed by atoms with Crippen LogP contribution < -0.4 is 4.74 Å². The number of carbonyl (C=O) groups is 1. The lowest BCUT2D eigenvalue weighted by atomic mass is 10.0. The molecule has 3 heterocycles. The highest BCUT2D eigenvalue weighted by atomic mass is 16.5. The molecule has 0 radical (unpaired) electrons. The van der Waals surface area contributed by atoms with Gasteiger partial charge in [0.05, 0.1) is 0 Å². The van der Waals surface area contributed by atoms with E-state index in [1.165, 1.54) is 25.7 Å². The van der Waals surface area contributed by atoms with Crippen molar-refractivity contribution in [3.63, 3.8) is 0 Å². The second kappa shape index (κ2) is 9.35. The number of carbonyl (C=O) groups excluding carboxylic acids is 1. The summed E-state index contributed by atoms with van der Waals surface area (Å²) in [6.07, 6.45) is 13.6. The molecule has 0 atom stereocenters. The summed E-state index contributed by atoms with van der Waals surface area (Å²) in [6, 6.07) is 9.01. The highest BCUT2D eigenvalue weighted by Crippen LogP contribution is 2.27. The van der Waals surface area contributed by atoms with Gasteiger partial charge in [-0.3, -0.25) is 4.79 Å². The molecular weight excluding hydrogens is 388 g/mol. The minimum atomic E-state index is 0.128. The van der Waals surface area contributed by atoms with Crippen molar-refractivity contribution in [3.05, 3.63) is 42.2 Å². The number of benzene rings is 1. The highest BCUT2D eigenvalue weighted by Gasteiger charge is 2.28. The lowest BCUT2D eigenvalue weighted by Gasteiger charge is -2.35. The maximum atomic E-state index is 12.5. The molecule has 6 heteroatoms. The third-order valence-electron chi connectivity index (χ3n) is 7.08. The number of nitrogens with zero attached hydrogens (tertiary/aromatic N) is 4. The predicted octanol–water partition coefficient (Wildman–Crippen LogP) is 4.17.